The van der Waals surface area contributed by atoms with Crippen LogP contribution in [-0.2, 0) is 6.54 Å². The topological polar surface area (TPSA) is 73.1 Å². The number of aromatic nitrogens is 2. The van der Waals surface area contributed by atoms with Gasteiger partial charge >= 0.3 is 0 Å². The van der Waals surface area contributed by atoms with Crippen LogP contribution in [0.2, 0.25) is 0 Å². The number of nitrogens with zero attached hydrogens (tertiary/aromatic N) is 2. The number of pyridine rings is 2. The summed E-state index contributed by atoms with van der Waals surface area (Å²) in [6, 6.07) is 5.62. The summed E-state index contributed by atoms with van der Waals surface area (Å²) in [6.07, 6.45) is 3.63. The monoisotopic (exact) mass is 258 g/mol. The van der Waals surface area contributed by atoms with E-state index in [2.05, 4.69) is 15.3 Å². The molecule has 0 aliphatic heterocycles. The Balaban J connectivity index is 2.07. The number of hydrogen-bond donors (Lipinski definition) is 2. The number of nitrogens with one attached hydrogen (secondary N) is 1. The predicted molar refractivity (Wildman–Crippen MR) is 76.1 cm³/mol. The van der Waals surface area contributed by atoms with Crippen molar-refractivity contribution in [1.29, 1.82) is 0 Å². The van der Waals surface area contributed by atoms with Gasteiger partial charge < -0.3 is 15.8 Å². The van der Waals surface area contributed by atoms with E-state index in [0.29, 0.717) is 24.7 Å². The first-order valence-electron chi connectivity index (χ1n) is 6.23. The number of nitrogens with two attached hydrogens (primary N) is 1. The Labute approximate surface area is 112 Å². The number of rotatable bonds is 5. The molecule has 0 spiro atoms. The van der Waals surface area contributed by atoms with Crippen molar-refractivity contribution in [2.75, 3.05) is 17.7 Å². The molecule has 0 bridgehead atoms. The summed E-state index contributed by atoms with van der Waals surface area (Å²) in [5, 5.41) is 3.25. The molecule has 0 saturated carbocycles. The summed E-state index contributed by atoms with van der Waals surface area (Å²) in [4.78, 5) is 8.40. The maximum atomic E-state index is 5.78. The molecule has 19 heavy (non-hydrogen) atoms. The fourth-order valence-corrected chi connectivity index (χ4v) is 1.69. The third-order valence-electron chi connectivity index (χ3n) is 2.77. The zero-order chi connectivity index (χ0) is 13.7. The average molecular weight is 258 g/mol. The molecule has 3 N–H and O–H groups in total. The van der Waals surface area contributed by atoms with Crippen LogP contribution in [0.4, 0.5) is 11.5 Å². The number of hydrogen-bond acceptors (Lipinski definition) is 5. The molecule has 0 unspecified atom stereocenters. The van der Waals surface area contributed by atoms with Gasteiger partial charge in [0, 0.05) is 18.9 Å². The largest absolute Gasteiger partial charge is 0.476 e. The number of anilines is 2. The molecular formula is C14H18N4O. The predicted octanol–water partition coefficient (Wildman–Crippen LogP) is 2.38. The van der Waals surface area contributed by atoms with Gasteiger partial charge in [-0.3, -0.25) is 4.98 Å². The van der Waals surface area contributed by atoms with Gasteiger partial charge in [0.05, 0.1) is 12.3 Å². The summed E-state index contributed by atoms with van der Waals surface area (Å²) in [5.74, 6) is 1.22. The second-order valence-electron chi connectivity index (χ2n) is 4.18. The highest BCUT2D eigenvalue weighted by Crippen LogP contribution is 2.21. The molecule has 100 valence electrons. The summed E-state index contributed by atoms with van der Waals surface area (Å²) in [5.41, 5.74) is 8.67. The van der Waals surface area contributed by atoms with Crippen molar-refractivity contribution in [2.24, 2.45) is 0 Å². The molecule has 0 fully saturated rings. The van der Waals surface area contributed by atoms with E-state index < -0.39 is 0 Å². The van der Waals surface area contributed by atoms with Crippen molar-refractivity contribution in [3.05, 3.63) is 41.7 Å². The Bertz CT molecular complexity index is 557. The lowest BCUT2D eigenvalue weighted by Crippen LogP contribution is -2.06. The second kappa shape index (κ2) is 6.04. The lowest BCUT2D eigenvalue weighted by molar-refractivity contribution is 0.329. The molecule has 0 aliphatic rings. The van der Waals surface area contributed by atoms with Crippen LogP contribution in [0.3, 0.4) is 0 Å². The summed E-state index contributed by atoms with van der Waals surface area (Å²) < 4.78 is 5.37. The molecule has 0 atom stereocenters. The molecule has 5 heteroatoms. The first-order valence-corrected chi connectivity index (χ1v) is 6.23. The van der Waals surface area contributed by atoms with Gasteiger partial charge in [-0.05, 0) is 43.2 Å². The highest BCUT2D eigenvalue weighted by Gasteiger charge is 2.04. The van der Waals surface area contributed by atoms with E-state index in [1.165, 1.54) is 5.56 Å². The van der Waals surface area contributed by atoms with E-state index in [-0.39, 0.29) is 0 Å². The van der Waals surface area contributed by atoms with Gasteiger partial charge in [0.15, 0.2) is 0 Å². The minimum atomic E-state index is 0.471. The van der Waals surface area contributed by atoms with Crippen molar-refractivity contribution in [1.82, 2.24) is 9.97 Å². The third kappa shape index (κ3) is 3.34. The number of nitrogen functional groups attached to an aromatic ring is 1. The van der Waals surface area contributed by atoms with E-state index >= 15 is 0 Å². The molecule has 2 rings (SSSR count). The van der Waals surface area contributed by atoms with Crippen LogP contribution in [0.15, 0.2) is 30.6 Å². The molecule has 5 nitrogen and oxygen atoms in total. The molecule has 2 heterocycles. The lowest BCUT2D eigenvalue weighted by Gasteiger charge is -2.10. The van der Waals surface area contributed by atoms with Gasteiger partial charge in [-0.25, -0.2) is 0 Å². The minimum Gasteiger partial charge on any atom is -0.476 e. The zero-order valence-electron chi connectivity index (χ0n) is 11.2. The van der Waals surface area contributed by atoms with E-state index in [1.54, 1.807) is 12.3 Å². The molecule has 0 amide bonds. The van der Waals surface area contributed by atoms with Crippen LogP contribution in [-0.4, -0.2) is 16.6 Å². The average Bonchev–Trinajstić information content (AvgIpc) is 2.41. The second-order valence-corrected chi connectivity index (χ2v) is 4.18. The fourth-order valence-electron chi connectivity index (χ4n) is 1.69. The van der Waals surface area contributed by atoms with Crippen LogP contribution in [0.1, 0.15) is 18.1 Å². The molecule has 0 aromatic carbocycles. The van der Waals surface area contributed by atoms with Gasteiger partial charge in [-0.2, -0.15) is 4.98 Å². The minimum absolute atomic E-state index is 0.471. The number of aryl methyl sites for hydroxylation is 1. The van der Waals surface area contributed by atoms with E-state index in [0.717, 1.165) is 11.4 Å². The normalized spacial score (nSPS) is 10.2. The Morgan fingerprint density at radius 2 is 2.16 bits per heavy atom. The van der Waals surface area contributed by atoms with Crippen LogP contribution < -0.4 is 15.8 Å². The van der Waals surface area contributed by atoms with Crippen molar-refractivity contribution < 1.29 is 4.74 Å². The molecule has 0 aliphatic carbocycles. The van der Waals surface area contributed by atoms with Crippen molar-refractivity contribution in [2.45, 2.75) is 20.4 Å². The Morgan fingerprint density at radius 1 is 1.32 bits per heavy atom. The van der Waals surface area contributed by atoms with E-state index in [4.69, 9.17) is 10.5 Å². The first-order chi connectivity index (χ1) is 9.20. The molecule has 0 radical (unpaired) electrons. The Kier molecular flexibility index (Phi) is 4.18. The molecular weight excluding hydrogens is 240 g/mol. The smallest absolute Gasteiger partial charge is 0.239 e. The van der Waals surface area contributed by atoms with Gasteiger partial charge in [-0.1, -0.05) is 0 Å². The molecule has 0 saturated heterocycles. The highest BCUT2D eigenvalue weighted by atomic mass is 16.5. The van der Waals surface area contributed by atoms with E-state index in [9.17, 15) is 0 Å². The maximum absolute atomic E-state index is 5.78. The molecule has 2 aromatic rings. The van der Waals surface area contributed by atoms with Gasteiger partial charge in [0.2, 0.25) is 5.88 Å². The first kappa shape index (κ1) is 13.1. The van der Waals surface area contributed by atoms with Crippen LogP contribution in [0, 0.1) is 6.92 Å². The summed E-state index contributed by atoms with van der Waals surface area (Å²) in [6.45, 7) is 5.18. The van der Waals surface area contributed by atoms with Gasteiger partial charge in [-0.15, -0.1) is 0 Å². The highest BCUT2D eigenvalue weighted by molar-refractivity contribution is 5.53. The Morgan fingerprint density at radius 3 is 2.89 bits per heavy atom. The summed E-state index contributed by atoms with van der Waals surface area (Å²) in [7, 11) is 0. The maximum Gasteiger partial charge on any atom is 0.239 e. The quantitative estimate of drug-likeness (QED) is 0.861. The Hall–Kier alpha value is -2.30. The van der Waals surface area contributed by atoms with Crippen LogP contribution in [0.25, 0.3) is 0 Å². The zero-order valence-corrected chi connectivity index (χ0v) is 11.2. The standard InChI is InChI=1S/C14H18N4O/c1-3-19-14-12(15)4-5-13(18-14)17-9-11-6-7-16-8-10(11)2/h4-8H,3,9,15H2,1-2H3,(H,17,18). The van der Waals surface area contributed by atoms with Crippen LogP contribution in [0.5, 0.6) is 5.88 Å². The van der Waals surface area contributed by atoms with Crippen LogP contribution >= 0.6 is 0 Å². The van der Waals surface area contributed by atoms with E-state index in [1.807, 2.05) is 32.2 Å². The summed E-state index contributed by atoms with van der Waals surface area (Å²) >= 11 is 0. The third-order valence-corrected chi connectivity index (χ3v) is 2.77. The SMILES string of the molecule is CCOc1nc(NCc2ccncc2C)ccc1N. The van der Waals surface area contributed by atoms with Gasteiger partial charge in [0.1, 0.15) is 5.82 Å². The molecule has 2 aromatic heterocycles. The van der Waals surface area contributed by atoms with Crippen molar-refractivity contribution in [3.8, 4) is 5.88 Å². The fraction of sp³-hybridized carbons (Fsp3) is 0.286. The number of ether oxygens (including phenoxy) is 1. The van der Waals surface area contributed by atoms with Crippen molar-refractivity contribution in [3.63, 3.8) is 0 Å². The lowest BCUT2D eigenvalue weighted by atomic mass is 10.1. The van der Waals surface area contributed by atoms with Crippen molar-refractivity contribution >= 4 is 11.5 Å². The van der Waals surface area contributed by atoms with Gasteiger partial charge in [0.25, 0.3) is 0 Å².